The number of rotatable bonds is 16. The van der Waals surface area contributed by atoms with Crippen molar-refractivity contribution in [3.05, 3.63) is 0 Å². The summed E-state index contributed by atoms with van der Waals surface area (Å²) in [7, 11) is 0. The van der Waals surface area contributed by atoms with Gasteiger partial charge in [-0.15, -0.1) is 0 Å². The molecule has 0 aromatic carbocycles. The van der Waals surface area contributed by atoms with E-state index in [-0.39, 0.29) is 51.8 Å². The molecule has 0 radical (unpaired) electrons. The number of carboxylic acid groups (broad SMARTS) is 1. The quantitative estimate of drug-likeness (QED) is 0.313. The molecule has 8 heteroatoms. The molecule has 2 N–H and O–H groups in total. The van der Waals surface area contributed by atoms with Gasteiger partial charge in [0.2, 0.25) is 5.91 Å². The van der Waals surface area contributed by atoms with Gasteiger partial charge in [-0.2, -0.15) is 0 Å². The van der Waals surface area contributed by atoms with Gasteiger partial charge < -0.3 is 29.4 Å². The average Bonchev–Trinajstić information content (AvgIpc) is 2.55. The van der Waals surface area contributed by atoms with E-state index in [2.05, 4.69) is 5.32 Å². The highest BCUT2D eigenvalue weighted by molar-refractivity contribution is 5.76. The molecule has 0 heterocycles. The van der Waals surface area contributed by atoms with Gasteiger partial charge >= 0.3 is 5.97 Å². The third kappa shape index (κ3) is 11.1. The van der Waals surface area contributed by atoms with Crippen molar-refractivity contribution in [1.29, 1.82) is 0 Å². The molecule has 1 atom stereocenters. The molecule has 0 spiro atoms. The molecule has 24 heavy (non-hydrogen) atoms. The van der Waals surface area contributed by atoms with Gasteiger partial charge in [-0.05, 0) is 6.42 Å². The Morgan fingerprint density at radius 2 is 1.62 bits per heavy atom. The molecule has 0 saturated heterocycles. The van der Waals surface area contributed by atoms with Gasteiger partial charge in [0.05, 0.1) is 39.5 Å². The van der Waals surface area contributed by atoms with Crippen LogP contribution in [0.4, 0.5) is 0 Å². The number of ether oxygens (including phenoxy) is 3. The number of nitrogens with one attached hydrogen (secondary N) is 1. The maximum Gasteiger partial charge on any atom is 0.305 e. The van der Waals surface area contributed by atoms with Crippen molar-refractivity contribution >= 4 is 18.2 Å². The van der Waals surface area contributed by atoms with E-state index in [9.17, 15) is 14.4 Å². The zero-order chi connectivity index (χ0) is 18.3. The molecule has 0 aliphatic heterocycles. The van der Waals surface area contributed by atoms with Gasteiger partial charge in [-0.1, -0.05) is 13.8 Å². The first-order valence-electron chi connectivity index (χ1n) is 8.19. The van der Waals surface area contributed by atoms with E-state index in [0.29, 0.717) is 13.0 Å². The van der Waals surface area contributed by atoms with Crippen LogP contribution in [-0.2, 0) is 28.6 Å². The fourth-order valence-electron chi connectivity index (χ4n) is 1.86. The molecule has 0 bridgehead atoms. The Hall–Kier alpha value is -1.51. The lowest BCUT2D eigenvalue weighted by atomic mass is 10.0. The molecule has 0 saturated carbocycles. The maximum atomic E-state index is 11.9. The second-order valence-electron chi connectivity index (χ2n) is 5.44. The van der Waals surface area contributed by atoms with Gasteiger partial charge in [-0.3, -0.25) is 9.59 Å². The lowest BCUT2D eigenvalue weighted by Crippen LogP contribution is -2.58. The summed E-state index contributed by atoms with van der Waals surface area (Å²) in [6.07, 6.45) is 2.00. The molecule has 1 amide bonds. The number of aliphatic carboxylic acids is 1. The van der Waals surface area contributed by atoms with Crippen LogP contribution < -0.4 is 5.32 Å². The number of hydrogen-bond acceptors (Lipinski definition) is 6. The Bertz CT molecular complexity index is 375. The van der Waals surface area contributed by atoms with Gasteiger partial charge in [-0.25, -0.2) is 0 Å². The van der Waals surface area contributed by atoms with Crippen molar-refractivity contribution in [2.75, 3.05) is 39.6 Å². The Morgan fingerprint density at radius 1 is 1.04 bits per heavy atom. The summed E-state index contributed by atoms with van der Waals surface area (Å²) < 4.78 is 16.5. The summed E-state index contributed by atoms with van der Waals surface area (Å²) in [4.78, 5) is 32.8. The molecule has 0 aliphatic carbocycles. The van der Waals surface area contributed by atoms with Crippen molar-refractivity contribution in [2.24, 2.45) is 0 Å². The number of carboxylic acids is 1. The van der Waals surface area contributed by atoms with Crippen LogP contribution in [-0.4, -0.2) is 68.4 Å². The van der Waals surface area contributed by atoms with Crippen LogP contribution in [0, 0.1) is 0 Å². The maximum absolute atomic E-state index is 11.9. The van der Waals surface area contributed by atoms with Crippen molar-refractivity contribution in [3.8, 4) is 0 Å². The van der Waals surface area contributed by atoms with Crippen LogP contribution in [0.15, 0.2) is 0 Å². The van der Waals surface area contributed by atoms with E-state index >= 15 is 0 Å². The summed E-state index contributed by atoms with van der Waals surface area (Å²) >= 11 is 0. The van der Waals surface area contributed by atoms with Crippen molar-refractivity contribution < 1.29 is 33.7 Å². The summed E-state index contributed by atoms with van der Waals surface area (Å²) in [5.74, 6) is -1.14. The van der Waals surface area contributed by atoms with Crippen LogP contribution in [0.2, 0.25) is 0 Å². The van der Waals surface area contributed by atoms with Crippen molar-refractivity contribution in [2.45, 2.75) is 45.1 Å². The average molecular weight is 347 g/mol. The minimum Gasteiger partial charge on any atom is -0.481 e. The Labute approximate surface area is 142 Å². The molecule has 0 fully saturated rings. The smallest absolute Gasteiger partial charge is 0.305 e. The van der Waals surface area contributed by atoms with Gasteiger partial charge in [0.15, 0.2) is 0 Å². The molecule has 1 unspecified atom stereocenters. The van der Waals surface area contributed by atoms with Crippen LogP contribution in [0.5, 0.6) is 0 Å². The Kier molecular flexibility index (Phi) is 13.0. The minimum atomic E-state index is -0.956. The summed E-state index contributed by atoms with van der Waals surface area (Å²) in [6.45, 7) is 4.84. The number of amides is 1. The van der Waals surface area contributed by atoms with Gasteiger partial charge in [0, 0.05) is 19.4 Å². The van der Waals surface area contributed by atoms with E-state index in [1.807, 2.05) is 6.92 Å². The van der Waals surface area contributed by atoms with E-state index < -0.39 is 11.5 Å². The molecule has 0 rings (SSSR count). The first-order valence-corrected chi connectivity index (χ1v) is 8.19. The van der Waals surface area contributed by atoms with E-state index in [1.54, 1.807) is 6.92 Å². The zero-order valence-electron chi connectivity index (χ0n) is 14.5. The Balaban J connectivity index is 4.82. The number of aldehydes is 1. The van der Waals surface area contributed by atoms with Gasteiger partial charge in [0.1, 0.15) is 11.8 Å². The third-order valence-corrected chi connectivity index (χ3v) is 3.05. The second kappa shape index (κ2) is 13.9. The number of carbonyl (C=O) groups excluding carboxylic acids is 2. The minimum absolute atomic E-state index is 0.0290. The first-order chi connectivity index (χ1) is 11.5. The number of hydrogen-bond donors (Lipinski definition) is 2. The lowest BCUT2D eigenvalue weighted by molar-refractivity contribution is -0.139. The summed E-state index contributed by atoms with van der Waals surface area (Å²) in [5.41, 5.74) is -0.913. The summed E-state index contributed by atoms with van der Waals surface area (Å²) in [6, 6.07) is 0. The zero-order valence-corrected chi connectivity index (χ0v) is 14.5. The van der Waals surface area contributed by atoms with E-state index in [4.69, 9.17) is 19.3 Å². The highest BCUT2D eigenvalue weighted by Crippen LogP contribution is 2.10. The molecule has 0 aliphatic rings. The monoisotopic (exact) mass is 347 g/mol. The SMILES string of the molecule is CCCOCC(COCCC=O)(COCCC(=O)O)NC(=O)CC. The lowest BCUT2D eigenvalue weighted by Gasteiger charge is -2.34. The van der Waals surface area contributed by atoms with Crippen LogP contribution in [0.3, 0.4) is 0 Å². The molecule has 8 nitrogen and oxygen atoms in total. The first kappa shape index (κ1) is 22.5. The largest absolute Gasteiger partial charge is 0.481 e. The Morgan fingerprint density at radius 3 is 2.12 bits per heavy atom. The van der Waals surface area contributed by atoms with Crippen LogP contribution in [0.1, 0.15) is 39.5 Å². The predicted octanol–water partition coefficient (Wildman–Crippen LogP) is 0.775. The van der Waals surface area contributed by atoms with E-state index in [0.717, 1.165) is 12.7 Å². The highest BCUT2D eigenvalue weighted by Gasteiger charge is 2.33. The fraction of sp³-hybridized carbons (Fsp3) is 0.812. The fourth-order valence-corrected chi connectivity index (χ4v) is 1.86. The van der Waals surface area contributed by atoms with Crippen LogP contribution >= 0.6 is 0 Å². The molecular formula is C16H29NO7. The van der Waals surface area contributed by atoms with Gasteiger partial charge in [0.25, 0.3) is 0 Å². The number of carbonyl (C=O) groups is 3. The van der Waals surface area contributed by atoms with E-state index in [1.165, 1.54) is 0 Å². The summed E-state index contributed by atoms with van der Waals surface area (Å²) in [5, 5.41) is 11.5. The normalized spacial score (nSPS) is 13.2. The molecule has 140 valence electrons. The second-order valence-corrected chi connectivity index (χ2v) is 5.44. The topological polar surface area (TPSA) is 111 Å². The third-order valence-electron chi connectivity index (χ3n) is 3.05. The van der Waals surface area contributed by atoms with Crippen molar-refractivity contribution in [3.63, 3.8) is 0 Å². The van der Waals surface area contributed by atoms with Crippen molar-refractivity contribution in [1.82, 2.24) is 5.32 Å². The highest BCUT2D eigenvalue weighted by atomic mass is 16.5. The molecule has 0 aromatic heterocycles. The van der Waals surface area contributed by atoms with Crippen LogP contribution in [0.25, 0.3) is 0 Å². The molecular weight excluding hydrogens is 318 g/mol. The predicted molar refractivity (Wildman–Crippen MR) is 86.8 cm³/mol. The molecule has 0 aromatic rings. The standard InChI is InChI=1S/C16H29NO7/c1-3-8-22-11-16(17-14(19)4-2,12-23-9-5-7-18)13-24-10-6-15(20)21/h7H,3-6,8-13H2,1-2H3,(H,17,19)(H,20,21).